The van der Waals surface area contributed by atoms with Crippen LogP contribution in [0.1, 0.15) is 17.4 Å². The molecule has 2 rings (SSSR count). The van der Waals surface area contributed by atoms with E-state index in [1.807, 2.05) is 18.3 Å². The number of methoxy groups -OCH3 is 2. The topological polar surface area (TPSA) is 43.4 Å². The van der Waals surface area contributed by atoms with Gasteiger partial charge in [0.15, 0.2) is 16.6 Å². The van der Waals surface area contributed by atoms with Gasteiger partial charge in [-0.15, -0.1) is 11.3 Å². The molecule has 108 valence electrons. The van der Waals surface area contributed by atoms with E-state index in [4.69, 9.17) is 9.47 Å². The summed E-state index contributed by atoms with van der Waals surface area (Å²) in [5.74, 6) is 1.44. The van der Waals surface area contributed by atoms with Crippen LogP contribution in [-0.4, -0.2) is 19.2 Å². The first-order valence-electron chi connectivity index (χ1n) is 6.26. The van der Waals surface area contributed by atoms with Gasteiger partial charge in [-0.3, -0.25) is 0 Å². The van der Waals surface area contributed by atoms with Gasteiger partial charge in [0.05, 0.1) is 14.2 Å². The fourth-order valence-electron chi connectivity index (χ4n) is 1.76. The van der Waals surface area contributed by atoms with Crippen LogP contribution in [0.3, 0.4) is 0 Å². The van der Waals surface area contributed by atoms with Gasteiger partial charge in [0.25, 0.3) is 0 Å². The summed E-state index contributed by atoms with van der Waals surface area (Å²) in [6.07, 6.45) is 2.93. The SMILES string of the molecule is CCc1cnc(NCc2cc(OC)c(OC)cc2Br)s1. The van der Waals surface area contributed by atoms with Gasteiger partial charge in [-0.1, -0.05) is 22.9 Å². The molecule has 0 radical (unpaired) electrons. The largest absolute Gasteiger partial charge is 0.493 e. The summed E-state index contributed by atoms with van der Waals surface area (Å²) in [4.78, 5) is 5.62. The van der Waals surface area contributed by atoms with E-state index in [0.717, 1.165) is 27.3 Å². The molecule has 0 saturated carbocycles. The number of aromatic nitrogens is 1. The number of ether oxygens (including phenoxy) is 2. The number of benzene rings is 1. The third-order valence-electron chi connectivity index (χ3n) is 2.88. The molecule has 2 aromatic rings. The Morgan fingerprint density at radius 3 is 2.55 bits per heavy atom. The normalized spacial score (nSPS) is 10.4. The molecule has 0 unspecified atom stereocenters. The van der Waals surface area contributed by atoms with Gasteiger partial charge in [-0.05, 0) is 24.1 Å². The first kappa shape index (κ1) is 15.1. The number of hydrogen-bond donors (Lipinski definition) is 1. The first-order chi connectivity index (χ1) is 9.67. The van der Waals surface area contributed by atoms with E-state index < -0.39 is 0 Å². The van der Waals surface area contributed by atoms with Crippen molar-refractivity contribution in [3.63, 3.8) is 0 Å². The highest BCUT2D eigenvalue weighted by Crippen LogP contribution is 2.33. The van der Waals surface area contributed by atoms with E-state index in [1.54, 1.807) is 25.6 Å². The Morgan fingerprint density at radius 1 is 1.25 bits per heavy atom. The molecule has 0 bridgehead atoms. The van der Waals surface area contributed by atoms with Crippen molar-refractivity contribution in [2.24, 2.45) is 0 Å². The summed E-state index contributed by atoms with van der Waals surface area (Å²) in [6.45, 7) is 2.81. The second kappa shape index (κ2) is 6.95. The zero-order chi connectivity index (χ0) is 14.5. The van der Waals surface area contributed by atoms with E-state index in [0.29, 0.717) is 12.3 Å². The summed E-state index contributed by atoms with van der Waals surface area (Å²) in [7, 11) is 3.27. The van der Waals surface area contributed by atoms with E-state index in [2.05, 4.69) is 33.2 Å². The van der Waals surface area contributed by atoms with Gasteiger partial charge in [0.2, 0.25) is 0 Å². The second-order valence-electron chi connectivity index (χ2n) is 4.14. The molecule has 0 aliphatic carbocycles. The lowest BCUT2D eigenvalue weighted by Crippen LogP contribution is -2.01. The minimum Gasteiger partial charge on any atom is -0.493 e. The number of halogens is 1. The van der Waals surface area contributed by atoms with Crippen molar-refractivity contribution in [1.29, 1.82) is 0 Å². The molecule has 0 atom stereocenters. The van der Waals surface area contributed by atoms with Crippen molar-refractivity contribution in [3.05, 3.63) is 33.2 Å². The molecule has 6 heteroatoms. The molecular weight excluding hydrogens is 340 g/mol. The van der Waals surface area contributed by atoms with Crippen molar-refractivity contribution in [3.8, 4) is 11.5 Å². The average Bonchev–Trinajstić information content (AvgIpc) is 2.93. The predicted octanol–water partition coefficient (Wildman–Crippen LogP) is 4.10. The van der Waals surface area contributed by atoms with Crippen molar-refractivity contribution in [2.75, 3.05) is 19.5 Å². The summed E-state index contributed by atoms with van der Waals surface area (Å²) in [6, 6.07) is 3.87. The Kier molecular flexibility index (Phi) is 5.25. The number of aryl methyl sites for hydroxylation is 1. The molecule has 4 nitrogen and oxygen atoms in total. The van der Waals surface area contributed by atoms with Crippen LogP contribution >= 0.6 is 27.3 Å². The van der Waals surface area contributed by atoms with Gasteiger partial charge in [0.1, 0.15) is 0 Å². The van der Waals surface area contributed by atoms with Crippen molar-refractivity contribution < 1.29 is 9.47 Å². The molecule has 0 fully saturated rings. The Balaban J connectivity index is 2.12. The van der Waals surface area contributed by atoms with Gasteiger partial charge in [-0.2, -0.15) is 0 Å². The molecule has 0 aliphatic rings. The lowest BCUT2D eigenvalue weighted by molar-refractivity contribution is 0.354. The summed E-state index contributed by atoms with van der Waals surface area (Å²) < 4.78 is 11.6. The second-order valence-corrected chi connectivity index (χ2v) is 6.11. The summed E-state index contributed by atoms with van der Waals surface area (Å²) >= 11 is 5.23. The standard InChI is InChI=1S/C14H17BrN2O2S/c1-4-10-8-17-14(20-10)16-7-9-5-12(18-2)13(19-3)6-11(9)15/h5-6,8H,4,7H2,1-3H3,(H,16,17). The van der Waals surface area contributed by atoms with Crippen molar-refractivity contribution in [1.82, 2.24) is 4.98 Å². The molecule has 0 spiro atoms. The number of anilines is 1. The summed E-state index contributed by atoms with van der Waals surface area (Å²) in [5, 5.41) is 4.26. The average molecular weight is 357 g/mol. The highest BCUT2D eigenvalue weighted by Gasteiger charge is 2.10. The van der Waals surface area contributed by atoms with Gasteiger partial charge < -0.3 is 14.8 Å². The Hall–Kier alpha value is -1.27. The van der Waals surface area contributed by atoms with E-state index in [1.165, 1.54) is 4.88 Å². The maximum atomic E-state index is 5.32. The number of nitrogens with zero attached hydrogens (tertiary/aromatic N) is 1. The van der Waals surface area contributed by atoms with Crippen LogP contribution in [0.15, 0.2) is 22.8 Å². The Bertz CT molecular complexity index is 587. The van der Waals surface area contributed by atoms with Gasteiger partial charge in [0, 0.05) is 22.1 Å². The zero-order valence-electron chi connectivity index (χ0n) is 11.7. The molecule has 1 N–H and O–H groups in total. The fraction of sp³-hybridized carbons (Fsp3) is 0.357. The quantitative estimate of drug-likeness (QED) is 0.846. The number of thiazole rings is 1. The predicted molar refractivity (Wildman–Crippen MR) is 86.1 cm³/mol. The third-order valence-corrected chi connectivity index (χ3v) is 4.72. The van der Waals surface area contributed by atoms with Gasteiger partial charge in [-0.25, -0.2) is 4.98 Å². The van der Waals surface area contributed by atoms with E-state index in [9.17, 15) is 0 Å². The molecule has 0 amide bonds. The molecule has 1 aromatic carbocycles. The van der Waals surface area contributed by atoms with Crippen LogP contribution in [-0.2, 0) is 13.0 Å². The highest BCUT2D eigenvalue weighted by atomic mass is 79.9. The number of hydrogen-bond acceptors (Lipinski definition) is 5. The minimum atomic E-state index is 0.678. The first-order valence-corrected chi connectivity index (χ1v) is 7.87. The smallest absolute Gasteiger partial charge is 0.183 e. The highest BCUT2D eigenvalue weighted by molar-refractivity contribution is 9.10. The van der Waals surface area contributed by atoms with Crippen LogP contribution < -0.4 is 14.8 Å². The zero-order valence-corrected chi connectivity index (χ0v) is 14.1. The number of rotatable bonds is 6. The minimum absolute atomic E-state index is 0.678. The van der Waals surface area contributed by atoms with Crippen LogP contribution in [0.25, 0.3) is 0 Å². The Morgan fingerprint density at radius 2 is 1.95 bits per heavy atom. The monoisotopic (exact) mass is 356 g/mol. The van der Waals surface area contributed by atoms with Crippen LogP contribution in [0.5, 0.6) is 11.5 Å². The number of nitrogens with one attached hydrogen (secondary N) is 1. The van der Waals surface area contributed by atoms with Crippen molar-refractivity contribution in [2.45, 2.75) is 19.9 Å². The maximum Gasteiger partial charge on any atom is 0.183 e. The van der Waals surface area contributed by atoms with Gasteiger partial charge >= 0.3 is 0 Å². The van der Waals surface area contributed by atoms with Crippen LogP contribution in [0.4, 0.5) is 5.13 Å². The van der Waals surface area contributed by atoms with Crippen LogP contribution in [0.2, 0.25) is 0 Å². The molecule has 0 saturated heterocycles. The van der Waals surface area contributed by atoms with E-state index in [-0.39, 0.29) is 0 Å². The van der Waals surface area contributed by atoms with E-state index >= 15 is 0 Å². The molecule has 1 heterocycles. The Labute approximate surface area is 131 Å². The van der Waals surface area contributed by atoms with Crippen molar-refractivity contribution >= 4 is 32.4 Å². The maximum absolute atomic E-state index is 5.32. The molecule has 0 aliphatic heterocycles. The molecule has 1 aromatic heterocycles. The lowest BCUT2D eigenvalue weighted by atomic mass is 10.2. The fourth-order valence-corrected chi connectivity index (χ4v) is 2.97. The molecular formula is C14H17BrN2O2S. The summed E-state index contributed by atoms with van der Waals surface area (Å²) in [5.41, 5.74) is 1.09. The lowest BCUT2D eigenvalue weighted by Gasteiger charge is -2.12. The van der Waals surface area contributed by atoms with Crippen LogP contribution in [0, 0.1) is 0 Å². The third kappa shape index (κ3) is 3.43. The molecule has 20 heavy (non-hydrogen) atoms.